The molecule has 1 aromatic rings. The first kappa shape index (κ1) is 14.8. The Balaban J connectivity index is 1.72. The molecule has 1 aliphatic rings. The largest absolute Gasteiger partial charge is 0.493 e. The van der Waals surface area contributed by atoms with Gasteiger partial charge in [-0.3, -0.25) is 4.79 Å². The van der Waals surface area contributed by atoms with Gasteiger partial charge in [-0.1, -0.05) is 0 Å². The average Bonchev–Trinajstić information content (AvgIpc) is 2.89. The maximum Gasteiger partial charge on any atom is 0.240 e. The van der Waals surface area contributed by atoms with Crippen molar-refractivity contribution < 1.29 is 19.0 Å². The Kier molecular flexibility index (Phi) is 4.95. The SMILES string of the molecule is CC(Cl)C(=O)N(C)CCCOc1ccc2c(c1)OCO2. The Labute approximate surface area is 123 Å². The molecule has 1 atom stereocenters. The van der Waals surface area contributed by atoms with E-state index in [1.165, 1.54) is 0 Å². The van der Waals surface area contributed by atoms with Gasteiger partial charge in [0.1, 0.15) is 11.1 Å². The minimum Gasteiger partial charge on any atom is -0.493 e. The molecule has 20 heavy (non-hydrogen) atoms. The number of carbonyl (C=O) groups excluding carboxylic acids is 1. The van der Waals surface area contributed by atoms with Crippen LogP contribution in [0.2, 0.25) is 0 Å². The van der Waals surface area contributed by atoms with Gasteiger partial charge in [-0.25, -0.2) is 0 Å². The minimum absolute atomic E-state index is 0.0743. The molecule has 1 unspecified atom stereocenters. The van der Waals surface area contributed by atoms with Gasteiger partial charge in [0.25, 0.3) is 0 Å². The van der Waals surface area contributed by atoms with Crippen molar-refractivity contribution in [3.63, 3.8) is 0 Å². The molecule has 2 rings (SSSR count). The van der Waals surface area contributed by atoms with E-state index in [0.29, 0.717) is 18.9 Å². The lowest BCUT2D eigenvalue weighted by Crippen LogP contribution is -2.33. The molecule has 0 bridgehead atoms. The van der Waals surface area contributed by atoms with Crippen LogP contribution in [0.25, 0.3) is 0 Å². The molecule has 5 nitrogen and oxygen atoms in total. The summed E-state index contributed by atoms with van der Waals surface area (Å²) in [7, 11) is 1.74. The molecule has 0 fully saturated rings. The molecule has 6 heteroatoms. The summed E-state index contributed by atoms with van der Waals surface area (Å²) < 4.78 is 16.1. The standard InChI is InChI=1S/C14H18ClNO4/c1-10(15)14(17)16(2)6-3-7-18-11-4-5-12-13(8-11)20-9-19-12/h4-5,8,10H,3,6-7,9H2,1-2H3. The fourth-order valence-corrected chi connectivity index (χ4v) is 2.04. The molecule has 0 spiro atoms. The van der Waals surface area contributed by atoms with E-state index in [1.54, 1.807) is 24.9 Å². The number of alkyl halides is 1. The first-order valence-corrected chi connectivity index (χ1v) is 6.93. The first-order valence-electron chi connectivity index (χ1n) is 6.49. The summed E-state index contributed by atoms with van der Waals surface area (Å²) in [4.78, 5) is 13.2. The molecular weight excluding hydrogens is 282 g/mol. The highest BCUT2D eigenvalue weighted by Gasteiger charge is 2.15. The van der Waals surface area contributed by atoms with Crippen LogP contribution in [0, 0.1) is 0 Å². The van der Waals surface area contributed by atoms with E-state index in [-0.39, 0.29) is 12.7 Å². The van der Waals surface area contributed by atoms with Crippen LogP contribution < -0.4 is 14.2 Å². The predicted molar refractivity (Wildman–Crippen MR) is 75.6 cm³/mol. The lowest BCUT2D eigenvalue weighted by Gasteiger charge is -2.18. The van der Waals surface area contributed by atoms with Crippen molar-refractivity contribution in [2.45, 2.75) is 18.7 Å². The van der Waals surface area contributed by atoms with Crippen LogP contribution in [0.5, 0.6) is 17.2 Å². The highest BCUT2D eigenvalue weighted by atomic mass is 35.5. The third-order valence-electron chi connectivity index (χ3n) is 2.97. The molecule has 0 saturated heterocycles. The van der Waals surface area contributed by atoms with Gasteiger partial charge in [-0.05, 0) is 25.5 Å². The molecule has 1 amide bonds. The number of halogens is 1. The summed E-state index contributed by atoms with van der Waals surface area (Å²) >= 11 is 5.74. The number of benzene rings is 1. The van der Waals surface area contributed by atoms with Gasteiger partial charge in [0.15, 0.2) is 11.5 Å². The summed E-state index contributed by atoms with van der Waals surface area (Å²) in [6.07, 6.45) is 0.736. The van der Waals surface area contributed by atoms with E-state index in [4.69, 9.17) is 25.8 Å². The van der Waals surface area contributed by atoms with Crippen LogP contribution in [-0.2, 0) is 4.79 Å². The second kappa shape index (κ2) is 6.70. The van der Waals surface area contributed by atoms with Crippen LogP contribution in [0.1, 0.15) is 13.3 Å². The maximum absolute atomic E-state index is 11.6. The molecular formula is C14H18ClNO4. The highest BCUT2D eigenvalue weighted by Crippen LogP contribution is 2.35. The second-order valence-electron chi connectivity index (χ2n) is 4.59. The van der Waals surface area contributed by atoms with Gasteiger partial charge in [-0.15, -0.1) is 11.6 Å². The van der Waals surface area contributed by atoms with E-state index in [1.807, 2.05) is 12.1 Å². The Bertz CT molecular complexity index is 478. The van der Waals surface area contributed by atoms with E-state index in [2.05, 4.69) is 0 Å². The number of hydrogen-bond acceptors (Lipinski definition) is 4. The van der Waals surface area contributed by atoms with Crippen molar-refractivity contribution in [2.24, 2.45) is 0 Å². The molecule has 0 aliphatic carbocycles. The summed E-state index contributed by atoms with van der Waals surface area (Å²) in [5, 5.41) is -0.491. The van der Waals surface area contributed by atoms with Crippen molar-refractivity contribution in [2.75, 3.05) is 27.0 Å². The quantitative estimate of drug-likeness (QED) is 0.597. The smallest absolute Gasteiger partial charge is 0.240 e. The number of rotatable bonds is 6. The highest BCUT2D eigenvalue weighted by molar-refractivity contribution is 6.30. The lowest BCUT2D eigenvalue weighted by molar-refractivity contribution is -0.129. The zero-order valence-electron chi connectivity index (χ0n) is 11.6. The third-order valence-corrected chi connectivity index (χ3v) is 3.15. The van der Waals surface area contributed by atoms with Crippen LogP contribution in [0.3, 0.4) is 0 Å². The zero-order valence-corrected chi connectivity index (χ0v) is 12.4. The Morgan fingerprint density at radius 2 is 2.20 bits per heavy atom. The normalized spacial score (nSPS) is 13.9. The molecule has 0 aromatic heterocycles. The van der Waals surface area contributed by atoms with Gasteiger partial charge < -0.3 is 19.1 Å². The third kappa shape index (κ3) is 3.70. The van der Waals surface area contributed by atoms with Crippen molar-refractivity contribution in [1.29, 1.82) is 0 Å². The molecule has 0 N–H and O–H groups in total. The number of hydrogen-bond donors (Lipinski definition) is 0. The lowest BCUT2D eigenvalue weighted by atomic mass is 10.3. The van der Waals surface area contributed by atoms with Crippen molar-refractivity contribution >= 4 is 17.5 Å². The maximum atomic E-state index is 11.6. The Hall–Kier alpha value is -1.62. The number of nitrogens with zero attached hydrogens (tertiary/aromatic N) is 1. The number of carbonyl (C=O) groups is 1. The number of ether oxygens (including phenoxy) is 3. The van der Waals surface area contributed by atoms with Gasteiger partial charge in [0, 0.05) is 19.7 Å². The Morgan fingerprint density at radius 3 is 2.95 bits per heavy atom. The van der Waals surface area contributed by atoms with Crippen LogP contribution in [-0.4, -0.2) is 43.2 Å². The molecule has 1 aliphatic heterocycles. The summed E-state index contributed by atoms with van der Waals surface area (Å²) in [6.45, 7) is 3.06. The monoisotopic (exact) mass is 299 g/mol. The molecule has 1 aromatic carbocycles. The van der Waals surface area contributed by atoms with Gasteiger partial charge >= 0.3 is 0 Å². The van der Waals surface area contributed by atoms with Crippen molar-refractivity contribution in [3.8, 4) is 17.2 Å². The first-order chi connectivity index (χ1) is 9.58. The minimum atomic E-state index is -0.491. The fourth-order valence-electron chi connectivity index (χ4n) is 1.87. The van der Waals surface area contributed by atoms with Crippen molar-refractivity contribution in [1.82, 2.24) is 4.90 Å². The molecule has 1 heterocycles. The second-order valence-corrected chi connectivity index (χ2v) is 5.25. The van der Waals surface area contributed by atoms with E-state index in [9.17, 15) is 4.79 Å². The van der Waals surface area contributed by atoms with Crippen molar-refractivity contribution in [3.05, 3.63) is 18.2 Å². The molecule has 0 radical (unpaired) electrons. The summed E-state index contributed by atoms with van der Waals surface area (Å²) in [6, 6.07) is 5.46. The van der Waals surface area contributed by atoms with Crippen LogP contribution >= 0.6 is 11.6 Å². The number of fused-ring (bicyclic) bond motifs is 1. The number of amides is 1. The van der Waals surface area contributed by atoms with Crippen LogP contribution in [0.4, 0.5) is 0 Å². The summed E-state index contributed by atoms with van der Waals surface area (Å²) in [5.41, 5.74) is 0. The molecule has 110 valence electrons. The van der Waals surface area contributed by atoms with Gasteiger partial charge in [0.05, 0.1) is 6.61 Å². The van der Waals surface area contributed by atoms with Gasteiger partial charge in [-0.2, -0.15) is 0 Å². The predicted octanol–water partition coefficient (Wildman–Crippen LogP) is 2.27. The van der Waals surface area contributed by atoms with E-state index >= 15 is 0 Å². The molecule has 0 saturated carbocycles. The van der Waals surface area contributed by atoms with E-state index < -0.39 is 5.38 Å². The Morgan fingerprint density at radius 1 is 1.45 bits per heavy atom. The zero-order chi connectivity index (χ0) is 14.5. The van der Waals surface area contributed by atoms with E-state index in [0.717, 1.165) is 17.9 Å². The van der Waals surface area contributed by atoms with Gasteiger partial charge in [0.2, 0.25) is 12.7 Å². The topological polar surface area (TPSA) is 48.0 Å². The summed E-state index contributed by atoms with van der Waals surface area (Å²) in [5.74, 6) is 2.09. The fraction of sp³-hybridized carbons (Fsp3) is 0.500. The van der Waals surface area contributed by atoms with Crippen LogP contribution in [0.15, 0.2) is 18.2 Å². The average molecular weight is 300 g/mol.